The molecule has 0 bridgehead atoms. The van der Waals surface area contributed by atoms with Crippen molar-refractivity contribution in [2.75, 3.05) is 19.0 Å². The molecule has 0 aliphatic heterocycles. The van der Waals surface area contributed by atoms with Gasteiger partial charge in [-0.1, -0.05) is 39.3 Å². The largest absolute Gasteiger partial charge is 0.493 e. The van der Waals surface area contributed by atoms with Gasteiger partial charge in [-0.15, -0.1) is 0 Å². The average molecular weight is 526 g/mol. The smallest absolute Gasteiger partial charge is 0.331 e. The summed E-state index contributed by atoms with van der Waals surface area (Å²) in [6.45, 7) is 18.8. The molecule has 7 heteroatoms. The summed E-state index contributed by atoms with van der Waals surface area (Å²) < 4.78 is 11.0. The van der Waals surface area contributed by atoms with Crippen LogP contribution in [0.3, 0.4) is 0 Å². The van der Waals surface area contributed by atoms with E-state index in [9.17, 15) is 9.59 Å². The molecular formula is C31H47N3O4. The van der Waals surface area contributed by atoms with E-state index in [4.69, 9.17) is 9.47 Å². The number of carbonyl (C=O) groups is 2. The van der Waals surface area contributed by atoms with Crippen molar-refractivity contribution >= 4 is 23.3 Å². The predicted molar refractivity (Wildman–Crippen MR) is 156 cm³/mol. The van der Waals surface area contributed by atoms with Crippen LogP contribution in [0.25, 0.3) is 5.70 Å². The van der Waals surface area contributed by atoms with Crippen LogP contribution >= 0.6 is 0 Å². The summed E-state index contributed by atoms with van der Waals surface area (Å²) in [5, 5.41) is 9.88. The number of benzene rings is 1. The summed E-state index contributed by atoms with van der Waals surface area (Å²) in [5.74, 6) is 0.407. The average Bonchev–Trinajstić information content (AvgIpc) is 2.87. The van der Waals surface area contributed by atoms with Crippen molar-refractivity contribution in [2.24, 2.45) is 5.92 Å². The van der Waals surface area contributed by atoms with Crippen LogP contribution in [0, 0.1) is 5.92 Å². The van der Waals surface area contributed by atoms with E-state index in [0.717, 1.165) is 53.8 Å². The van der Waals surface area contributed by atoms with Gasteiger partial charge in [-0.05, 0) is 89.5 Å². The van der Waals surface area contributed by atoms with Gasteiger partial charge in [0.25, 0.3) is 5.91 Å². The molecule has 3 N–H and O–H groups in total. The van der Waals surface area contributed by atoms with Crippen LogP contribution in [-0.2, 0) is 14.3 Å². The zero-order chi connectivity index (χ0) is 28.5. The number of anilines is 1. The molecule has 0 heterocycles. The first-order chi connectivity index (χ1) is 18.0. The lowest BCUT2D eigenvalue weighted by atomic mass is 9.76. The highest BCUT2D eigenvalue weighted by Crippen LogP contribution is 2.38. The van der Waals surface area contributed by atoms with Crippen LogP contribution in [-0.4, -0.2) is 31.1 Å². The third-order valence-corrected chi connectivity index (χ3v) is 7.28. The van der Waals surface area contributed by atoms with Crippen molar-refractivity contribution < 1.29 is 19.1 Å². The van der Waals surface area contributed by atoms with Crippen LogP contribution in [0.15, 0.2) is 47.3 Å². The summed E-state index contributed by atoms with van der Waals surface area (Å²) in [6, 6.07) is 5.71. The van der Waals surface area contributed by atoms with Crippen LogP contribution < -0.4 is 20.7 Å². The first-order valence-corrected chi connectivity index (χ1v) is 13.8. The normalized spacial score (nSPS) is 15.3. The second-order valence-electron chi connectivity index (χ2n) is 10.4. The summed E-state index contributed by atoms with van der Waals surface area (Å²) in [6.07, 6.45) is 5.03. The first-order valence-electron chi connectivity index (χ1n) is 13.8. The molecule has 1 unspecified atom stereocenters. The van der Waals surface area contributed by atoms with Gasteiger partial charge in [-0.2, -0.15) is 0 Å². The quantitative estimate of drug-likeness (QED) is 0.185. The Morgan fingerprint density at radius 3 is 2.29 bits per heavy atom. The molecule has 1 amide bonds. The molecule has 1 saturated carbocycles. The Morgan fingerprint density at radius 1 is 1.11 bits per heavy atom. The van der Waals surface area contributed by atoms with Gasteiger partial charge in [-0.3, -0.25) is 4.79 Å². The summed E-state index contributed by atoms with van der Waals surface area (Å²) >= 11 is 0. The maximum absolute atomic E-state index is 13.8. The number of esters is 1. The molecule has 210 valence electrons. The van der Waals surface area contributed by atoms with E-state index in [2.05, 4.69) is 43.3 Å². The molecule has 38 heavy (non-hydrogen) atoms. The van der Waals surface area contributed by atoms with Crippen LogP contribution in [0.4, 0.5) is 5.69 Å². The number of ether oxygens (including phenoxy) is 2. The molecule has 0 radical (unpaired) electrons. The lowest BCUT2D eigenvalue weighted by molar-refractivity contribution is -0.149. The molecule has 1 aliphatic rings. The zero-order valence-corrected chi connectivity index (χ0v) is 24.6. The molecule has 0 spiro atoms. The van der Waals surface area contributed by atoms with E-state index in [1.54, 1.807) is 0 Å². The Bertz CT molecular complexity index is 1080. The monoisotopic (exact) mass is 525 g/mol. The van der Waals surface area contributed by atoms with E-state index in [1.165, 1.54) is 7.11 Å². The maximum Gasteiger partial charge on any atom is 0.331 e. The molecule has 1 fully saturated rings. The summed E-state index contributed by atoms with van der Waals surface area (Å²) in [7, 11) is 1.42. The lowest BCUT2D eigenvalue weighted by Crippen LogP contribution is -2.52. The van der Waals surface area contributed by atoms with Crippen molar-refractivity contribution in [2.45, 2.75) is 92.5 Å². The van der Waals surface area contributed by atoms with Gasteiger partial charge >= 0.3 is 5.97 Å². The Balaban J connectivity index is 2.50. The fourth-order valence-electron chi connectivity index (χ4n) is 4.53. The molecule has 1 aromatic rings. The standard InChI is InChI=1S/C31H47N3O4/c1-10-14-22(7)32-28(23(8)21(6)11-2)29(35)33-27(20(4)5)25-19-24(15-16-26(25)38-12-3)34-31(17-13-18-31)30(36)37-9/h15-16,19,21,32,34H,7,10-14,17-18H2,1-6,8-9H3,(H,33,35)/b28-23-. The summed E-state index contributed by atoms with van der Waals surface area (Å²) in [4.78, 5) is 26.3. The van der Waals surface area contributed by atoms with Gasteiger partial charge in [0.15, 0.2) is 0 Å². The van der Waals surface area contributed by atoms with E-state index >= 15 is 0 Å². The molecule has 0 saturated heterocycles. The fraction of sp³-hybridized carbons (Fsp3) is 0.548. The van der Waals surface area contributed by atoms with Gasteiger partial charge in [0.2, 0.25) is 0 Å². The highest BCUT2D eigenvalue weighted by molar-refractivity contribution is 6.00. The number of hydrogen-bond acceptors (Lipinski definition) is 6. The number of allylic oxidation sites excluding steroid dienone is 3. The highest BCUT2D eigenvalue weighted by Gasteiger charge is 2.45. The van der Waals surface area contributed by atoms with Gasteiger partial charge < -0.3 is 25.4 Å². The third kappa shape index (κ3) is 7.42. The van der Waals surface area contributed by atoms with E-state index in [-0.39, 0.29) is 17.8 Å². The first kappa shape index (κ1) is 31.0. The lowest BCUT2D eigenvalue weighted by Gasteiger charge is -2.40. The Hall–Kier alpha value is -3.22. The van der Waals surface area contributed by atoms with Gasteiger partial charge in [0.1, 0.15) is 17.0 Å². The zero-order valence-electron chi connectivity index (χ0n) is 24.6. The van der Waals surface area contributed by atoms with Crippen molar-refractivity contribution in [1.82, 2.24) is 10.6 Å². The fourth-order valence-corrected chi connectivity index (χ4v) is 4.53. The van der Waals surface area contributed by atoms with Crippen LogP contribution in [0.2, 0.25) is 0 Å². The molecule has 1 atom stereocenters. The maximum atomic E-state index is 13.8. The summed E-state index contributed by atoms with van der Waals surface area (Å²) in [5.41, 5.74) is 4.72. The Kier molecular flexibility index (Phi) is 11.5. The van der Waals surface area contributed by atoms with E-state index in [1.807, 2.05) is 45.9 Å². The molecule has 0 aromatic heterocycles. The minimum Gasteiger partial charge on any atom is -0.493 e. The van der Waals surface area contributed by atoms with Crippen molar-refractivity contribution in [3.63, 3.8) is 0 Å². The van der Waals surface area contributed by atoms with Gasteiger partial charge in [0.05, 0.1) is 19.4 Å². The molecule has 1 aliphatic carbocycles. The van der Waals surface area contributed by atoms with Crippen molar-refractivity contribution in [1.29, 1.82) is 0 Å². The topological polar surface area (TPSA) is 88.7 Å². The number of hydrogen-bond donors (Lipinski definition) is 3. The van der Waals surface area contributed by atoms with Gasteiger partial charge in [-0.25, -0.2) is 4.79 Å². The predicted octanol–water partition coefficient (Wildman–Crippen LogP) is 6.68. The molecule has 7 nitrogen and oxygen atoms in total. The number of methoxy groups -OCH3 is 1. The third-order valence-electron chi connectivity index (χ3n) is 7.28. The van der Waals surface area contributed by atoms with E-state index in [0.29, 0.717) is 36.6 Å². The number of carbonyl (C=O) groups excluding carboxylic acids is 2. The van der Waals surface area contributed by atoms with Crippen molar-refractivity contribution in [3.8, 4) is 5.75 Å². The second kappa shape index (κ2) is 14.1. The number of amides is 1. The van der Waals surface area contributed by atoms with Crippen LogP contribution in [0.5, 0.6) is 5.75 Å². The second-order valence-corrected chi connectivity index (χ2v) is 10.4. The molecule has 1 aromatic carbocycles. The Morgan fingerprint density at radius 2 is 1.79 bits per heavy atom. The van der Waals surface area contributed by atoms with E-state index < -0.39 is 5.54 Å². The van der Waals surface area contributed by atoms with Gasteiger partial charge in [0, 0.05) is 16.9 Å². The SMILES string of the molecule is C=C(CCC)N/C(C(=O)NC(=C(C)C)c1cc(NC2(C(=O)OC)CCC2)ccc1OCC)=C(/C)C(C)CC. The minimum atomic E-state index is -0.722. The van der Waals surface area contributed by atoms with Crippen LogP contribution in [0.1, 0.15) is 92.6 Å². The highest BCUT2D eigenvalue weighted by atomic mass is 16.5. The van der Waals surface area contributed by atoms with Crippen molar-refractivity contribution in [3.05, 3.63) is 52.9 Å². The Labute approximate surface area is 229 Å². The molecule has 2 rings (SSSR count). The molecular weight excluding hydrogens is 478 g/mol. The number of rotatable bonds is 14. The minimum absolute atomic E-state index is 0.220. The number of nitrogens with one attached hydrogen (secondary N) is 3.